The van der Waals surface area contributed by atoms with Crippen LogP contribution in [0.3, 0.4) is 0 Å². The molecule has 3 nitrogen and oxygen atoms in total. The van der Waals surface area contributed by atoms with Crippen molar-refractivity contribution in [1.29, 1.82) is 0 Å². The van der Waals surface area contributed by atoms with Crippen LogP contribution in [0.25, 0.3) is 11.1 Å². The van der Waals surface area contributed by atoms with Gasteiger partial charge >= 0.3 is 5.97 Å². The van der Waals surface area contributed by atoms with Gasteiger partial charge in [0, 0.05) is 6.21 Å². The molecule has 0 amide bonds. The zero-order chi connectivity index (χ0) is 25.9. The van der Waals surface area contributed by atoms with Gasteiger partial charge in [-0.1, -0.05) is 86.5 Å². The number of ether oxygens (including phenoxy) is 1. The van der Waals surface area contributed by atoms with Gasteiger partial charge in [-0.3, -0.25) is 4.99 Å². The lowest BCUT2D eigenvalue weighted by atomic mass is 10.0. The molecule has 4 rings (SSSR count). The highest BCUT2D eigenvalue weighted by atomic mass is 16.5. The summed E-state index contributed by atoms with van der Waals surface area (Å²) in [6.07, 6.45) is 7.64. The van der Waals surface area contributed by atoms with Gasteiger partial charge in [0.05, 0.1) is 11.6 Å². The summed E-state index contributed by atoms with van der Waals surface area (Å²) in [5, 5.41) is 0. The van der Waals surface area contributed by atoms with Gasteiger partial charge in [-0.2, -0.15) is 0 Å². The Balaban J connectivity index is 1.30. The predicted molar refractivity (Wildman–Crippen MR) is 154 cm³/mol. The van der Waals surface area contributed by atoms with Gasteiger partial charge in [-0.05, 0) is 90.4 Å². The zero-order valence-electron chi connectivity index (χ0n) is 21.8. The molecule has 0 saturated carbocycles. The fraction of sp³-hybridized carbons (Fsp3) is 0.235. The molecule has 0 fully saturated rings. The Bertz CT molecular complexity index is 1270. The van der Waals surface area contributed by atoms with Crippen LogP contribution in [-0.2, 0) is 12.8 Å². The van der Waals surface area contributed by atoms with E-state index in [1.54, 1.807) is 12.1 Å². The van der Waals surface area contributed by atoms with Crippen molar-refractivity contribution in [2.45, 2.75) is 52.0 Å². The monoisotopic (exact) mass is 489 g/mol. The van der Waals surface area contributed by atoms with Crippen molar-refractivity contribution in [3.8, 4) is 16.9 Å². The molecule has 0 saturated heterocycles. The molecule has 37 heavy (non-hydrogen) atoms. The molecular formula is C34H35NO2. The van der Waals surface area contributed by atoms with Crippen molar-refractivity contribution < 1.29 is 9.53 Å². The van der Waals surface area contributed by atoms with Crippen molar-refractivity contribution >= 4 is 12.2 Å². The van der Waals surface area contributed by atoms with E-state index in [9.17, 15) is 4.79 Å². The molecule has 0 heterocycles. The van der Waals surface area contributed by atoms with Crippen LogP contribution in [0.5, 0.6) is 5.75 Å². The Labute approximate surface area is 220 Å². The van der Waals surface area contributed by atoms with E-state index in [0.29, 0.717) is 11.3 Å². The molecule has 0 spiro atoms. The number of carbonyl (C=O) groups is 1. The molecule has 4 aromatic carbocycles. The Morgan fingerprint density at radius 3 is 2.08 bits per heavy atom. The molecule has 0 aromatic heterocycles. The summed E-state index contributed by atoms with van der Waals surface area (Å²) in [6, 6.07) is 34.3. The minimum absolute atomic E-state index is 0.187. The van der Waals surface area contributed by atoms with Crippen LogP contribution in [0.15, 0.2) is 108 Å². The summed E-state index contributed by atoms with van der Waals surface area (Å²) < 4.78 is 5.58. The lowest BCUT2D eigenvalue weighted by Gasteiger charge is -2.08. The minimum Gasteiger partial charge on any atom is -0.423 e. The van der Waals surface area contributed by atoms with Crippen LogP contribution in [-0.4, -0.2) is 18.2 Å². The number of carbonyl (C=O) groups excluding carboxylic acids is 1. The summed E-state index contributed by atoms with van der Waals surface area (Å²) in [6.45, 7) is 4.33. The number of aryl methyl sites for hydroxylation is 1. The normalized spacial score (nSPS) is 11.9. The molecule has 188 valence electrons. The van der Waals surface area contributed by atoms with Crippen molar-refractivity contribution in [1.82, 2.24) is 0 Å². The van der Waals surface area contributed by atoms with Crippen LogP contribution in [0.2, 0.25) is 0 Å². The van der Waals surface area contributed by atoms with E-state index >= 15 is 0 Å². The first kappa shape index (κ1) is 26.1. The Morgan fingerprint density at radius 1 is 0.784 bits per heavy atom. The summed E-state index contributed by atoms with van der Waals surface area (Å²) in [7, 11) is 0. The third kappa shape index (κ3) is 8.01. The maximum Gasteiger partial charge on any atom is 0.343 e. The second-order valence-electron chi connectivity index (χ2n) is 9.51. The highest BCUT2D eigenvalue weighted by Gasteiger charge is 2.09. The summed E-state index contributed by atoms with van der Waals surface area (Å²) in [5.41, 5.74) is 6.38. The number of esters is 1. The lowest BCUT2D eigenvalue weighted by Crippen LogP contribution is -2.08. The molecule has 3 heteroatoms. The molecule has 0 N–H and O–H groups in total. The number of benzene rings is 4. The fourth-order valence-electron chi connectivity index (χ4n) is 4.25. The van der Waals surface area contributed by atoms with Crippen molar-refractivity contribution in [3.05, 3.63) is 125 Å². The molecule has 0 aliphatic carbocycles. The number of aliphatic imine (C=N–C) groups is 1. The Kier molecular flexibility index (Phi) is 9.42. The largest absolute Gasteiger partial charge is 0.423 e. The van der Waals surface area contributed by atoms with Gasteiger partial charge in [0.2, 0.25) is 0 Å². The molecule has 0 aliphatic rings. The smallest absolute Gasteiger partial charge is 0.343 e. The predicted octanol–water partition coefficient (Wildman–Crippen LogP) is 8.36. The van der Waals surface area contributed by atoms with E-state index in [-0.39, 0.29) is 12.0 Å². The second-order valence-corrected chi connectivity index (χ2v) is 9.51. The van der Waals surface area contributed by atoms with Crippen molar-refractivity contribution in [2.24, 2.45) is 4.99 Å². The maximum atomic E-state index is 12.7. The summed E-state index contributed by atoms with van der Waals surface area (Å²) in [4.78, 5) is 17.3. The molecular weight excluding hydrogens is 454 g/mol. The first-order valence-corrected chi connectivity index (χ1v) is 13.2. The number of hydrogen-bond donors (Lipinski definition) is 0. The van der Waals surface area contributed by atoms with Crippen LogP contribution >= 0.6 is 0 Å². The van der Waals surface area contributed by atoms with Gasteiger partial charge in [0.1, 0.15) is 5.75 Å². The molecule has 0 aliphatic heterocycles. The fourth-order valence-corrected chi connectivity index (χ4v) is 4.25. The van der Waals surface area contributed by atoms with Crippen molar-refractivity contribution in [3.63, 3.8) is 0 Å². The number of hydrogen-bond acceptors (Lipinski definition) is 3. The number of nitrogens with zero attached hydrogens (tertiary/aromatic N) is 1. The Morgan fingerprint density at radius 2 is 1.43 bits per heavy atom. The SMILES string of the molecule is CCCCCc1ccc(-c2ccc(C(=O)Oc3ccc(C=NC(C)Cc4ccccc4)cc3)cc2)cc1. The molecule has 1 atom stereocenters. The molecule has 1 unspecified atom stereocenters. The number of rotatable bonds is 11. The van der Waals surface area contributed by atoms with Crippen LogP contribution in [0.1, 0.15) is 60.2 Å². The highest BCUT2D eigenvalue weighted by molar-refractivity contribution is 5.91. The van der Waals surface area contributed by atoms with E-state index in [2.05, 4.69) is 55.2 Å². The van der Waals surface area contributed by atoms with E-state index in [1.807, 2.05) is 60.8 Å². The summed E-state index contributed by atoms with van der Waals surface area (Å²) >= 11 is 0. The van der Waals surface area contributed by atoms with E-state index in [4.69, 9.17) is 4.74 Å². The Hall–Kier alpha value is -3.98. The lowest BCUT2D eigenvalue weighted by molar-refractivity contribution is 0.0735. The standard InChI is InChI=1S/C34H35NO2/c1-3-4-6-9-27-12-16-30(17-13-27)31-18-20-32(21-19-31)34(36)37-33-22-14-29(15-23-33)25-35-26(2)24-28-10-7-5-8-11-28/h5,7-8,10-23,25-26H,3-4,6,9,24H2,1-2H3. The van der Waals surface area contributed by atoms with Crippen LogP contribution in [0.4, 0.5) is 0 Å². The van der Waals surface area contributed by atoms with Gasteiger partial charge in [-0.15, -0.1) is 0 Å². The van der Waals surface area contributed by atoms with E-state index in [1.165, 1.54) is 30.4 Å². The number of unbranched alkanes of at least 4 members (excludes halogenated alkanes) is 2. The van der Waals surface area contributed by atoms with Gasteiger partial charge < -0.3 is 4.74 Å². The molecule has 0 radical (unpaired) electrons. The third-order valence-electron chi connectivity index (χ3n) is 6.42. The highest BCUT2D eigenvalue weighted by Crippen LogP contribution is 2.22. The van der Waals surface area contributed by atoms with Crippen molar-refractivity contribution in [2.75, 3.05) is 0 Å². The minimum atomic E-state index is -0.365. The topological polar surface area (TPSA) is 38.7 Å². The first-order valence-electron chi connectivity index (χ1n) is 13.2. The third-order valence-corrected chi connectivity index (χ3v) is 6.42. The first-order chi connectivity index (χ1) is 18.1. The maximum absolute atomic E-state index is 12.7. The zero-order valence-corrected chi connectivity index (χ0v) is 21.8. The van der Waals surface area contributed by atoms with Gasteiger partial charge in [0.15, 0.2) is 0 Å². The van der Waals surface area contributed by atoms with Crippen LogP contribution < -0.4 is 4.74 Å². The molecule has 0 bridgehead atoms. The molecule has 4 aromatic rings. The van der Waals surface area contributed by atoms with E-state index in [0.717, 1.165) is 29.5 Å². The van der Waals surface area contributed by atoms with Crippen LogP contribution in [0, 0.1) is 0 Å². The average molecular weight is 490 g/mol. The second kappa shape index (κ2) is 13.4. The van der Waals surface area contributed by atoms with Gasteiger partial charge in [0.25, 0.3) is 0 Å². The summed E-state index contributed by atoms with van der Waals surface area (Å²) in [5.74, 6) is 0.151. The van der Waals surface area contributed by atoms with E-state index < -0.39 is 0 Å². The quantitative estimate of drug-likeness (QED) is 0.0919. The van der Waals surface area contributed by atoms with Gasteiger partial charge in [-0.25, -0.2) is 4.79 Å². The average Bonchev–Trinajstić information content (AvgIpc) is 2.94.